The monoisotopic (exact) mass is 234 g/mol. The highest BCUT2D eigenvalue weighted by Gasteiger charge is 2.11. The van der Waals surface area contributed by atoms with Gasteiger partial charge >= 0.3 is 12.0 Å². The SMILES string of the molecule is CCCC(COC)NC(=O)NOCC(=O)O. The van der Waals surface area contributed by atoms with Gasteiger partial charge in [-0.15, -0.1) is 0 Å². The van der Waals surface area contributed by atoms with Crippen molar-refractivity contribution in [3.8, 4) is 0 Å². The summed E-state index contributed by atoms with van der Waals surface area (Å²) in [5.41, 5.74) is 1.97. The van der Waals surface area contributed by atoms with Gasteiger partial charge in [0.15, 0.2) is 6.61 Å². The van der Waals surface area contributed by atoms with E-state index >= 15 is 0 Å². The van der Waals surface area contributed by atoms with Crippen LogP contribution in [-0.2, 0) is 14.4 Å². The molecule has 0 saturated heterocycles. The van der Waals surface area contributed by atoms with Crippen LogP contribution < -0.4 is 10.8 Å². The van der Waals surface area contributed by atoms with Crippen molar-refractivity contribution in [1.82, 2.24) is 10.8 Å². The first-order valence-electron chi connectivity index (χ1n) is 4.99. The molecule has 0 aromatic carbocycles. The highest BCUT2D eigenvalue weighted by atomic mass is 16.7. The molecule has 1 unspecified atom stereocenters. The lowest BCUT2D eigenvalue weighted by Crippen LogP contribution is -2.44. The summed E-state index contributed by atoms with van der Waals surface area (Å²) in [6, 6.07) is -0.680. The molecule has 0 bridgehead atoms. The van der Waals surface area contributed by atoms with E-state index in [0.29, 0.717) is 6.61 Å². The molecule has 0 aliphatic rings. The summed E-state index contributed by atoms with van der Waals surface area (Å²) >= 11 is 0. The zero-order valence-electron chi connectivity index (χ0n) is 9.49. The average Bonchev–Trinajstić information content (AvgIpc) is 2.17. The Bertz CT molecular complexity index is 216. The molecule has 0 heterocycles. The lowest BCUT2D eigenvalue weighted by Gasteiger charge is -2.16. The fourth-order valence-corrected chi connectivity index (χ4v) is 1.13. The Kier molecular flexibility index (Phi) is 8.18. The number of nitrogens with one attached hydrogen (secondary N) is 2. The number of methoxy groups -OCH3 is 1. The molecule has 0 fully saturated rings. The quantitative estimate of drug-likeness (QED) is 0.518. The van der Waals surface area contributed by atoms with Crippen LogP contribution in [0.5, 0.6) is 0 Å². The molecule has 0 aliphatic carbocycles. The van der Waals surface area contributed by atoms with E-state index in [2.05, 4.69) is 10.2 Å². The third kappa shape index (κ3) is 8.01. The van der Waals surface area contributed by atoms with Gasteiger partial charge in [0.25, 0.3) is 0 Å². The maximum atomic E-state index is 11.2. The molecular weight excluding hydrogens is 216 g/mol. The van der Waals surface area contributed by atoms with Crippen LogP contribution in [0, 0.1) is 0 Å². The van der Waals surface area contributed by atoms with Crippen LogP contribution in [0.4, 0.5) is 4.79 Å². The number of ether oxygens (including phenoxy) is 1. The second-order valence-corrected chi connectivity index (χ2v) is 3.20. The fraction of sp³-hybridized carbons (Fsp3) is 0.778. The van der Waals surface area contributed by atoms with E-state index in [1.165, 1.54) is 0 Å². The van der Waals surface area contributed by atoms with Crippen LogP contribution >= 0.6 is 0 Å². The van der Waals surface area contributed by atoms with Gasteiger partial charge in [0.05, 0.1) is 12.6 Å². The van der Waals surface area contributed by atoms with Gasteiger partial charge < -0.3 is 15.2 Å². The molecule has 0 radical (unpaired) electrons. The predicted molar refractivity (Wildman–Crippen MR) is 55.8 cm³/mol. The molecule has 0 rings (SSSR count). The number of rotatable bonds is 8. The minimum Gasteiger partial charge on any atom is -0.479 e. The Labute approximate surface area is 94.1 Å². The molecule has 3 N–H and O–H groups in total. The number of hydroxylamine groups is 1. The van der Waals surface area contributed by atoms with Crippen molar-refractivity contribution in [1.29, 1.82) is 0 Å². The van der Waals surface area contributed by atoms with Crippen LogP contribution in [0.15, 0.2) is 0 Å². The summed E-state index contributed by atoms with van der Waals surface area (Å²) in [5, 5.41) is 10.9. The molecule has 94 valence electrons. The van der Waals surface area contributed by atoms with Crippen molar-refractivity contribution < 1.29 is 24.3 Å². The van der Waals surface area contributed by atoms with E-state index < -0.39 is 18.6 Å². The minimum absolute atomic E-state index is 0.108. The van der Waals surface area contributed by atoms with E-state index in [1.807, 2.05) is 12.4 Å². The molecule has 2 amide bonds. The first-order chi connectivity index (χ1) is 7.60. The van der Waals surface area contributed by atoms with Gasteiger partial charge in [-0.3, -0.25) is 4.84 Å². The van der Waals surface area contributed by atoms with E-state index in [9.17, 15) is 9.59 Å². The molecule has 0 saturated carbocycles. The van der Waals surface area contributed by atoms with E-state index in [1.54, 1.807) is 7.11 Å². The number of urea groups is 1. The van der Waals surface area contributed by atoms with Crippen molar-refractivity contribution >= 4 is 12.0 Å². The Balaban J connectivity index is 3.76. The second kappa shape index (κ2) is 8.93. The second-order valence-electron chi connectivity index (χ2n) is 3.20. The summed E-state index contributed by atoms with van der Waals surface area (Å²) in [5.74, 6) is -1.15. The van der Waals surface area contributed by atoms with Crippen LogP contribution in [-0.4, -0.2) is 43.5 Å². The van der Waals surface area contributed by atoms with Gasteiger partial charge in [-0.1, -0.05) is 13.3 Å². The Hall–Kier alpha value is -1.34. The minimum atomic E-state index is -1.15. The van der Waals surface area contributed by atoms with Gasteiger partial charge in [0.1, 0.15) is 0 Å². The number of carboxylic acid groups (broad SMARTS) is 1. The number of aliphatic carboxylic acids is 1. The summed E-state index contributed by atoms with van der Waals surface area (Å²) in [4.78, 5) is 25.7. The molecule has 0 aromatic heterocycles. The zero-order chi connectivity index (χ0) is 12.4. The average molecular weight is 234 g/mol. The van der Waals surface area contributed by atoms with Crippen molar-refractivity contribution in [3.63, 3.8) is 0 Å². The van der Waals surface area contributed by atoms with Gasteiger partial charge in [0, 0.05) is 7.11 Å². The van der Waals surface area contributed by atoms with Crippen molar-refractivity contribution in [2.75, 3.05) is 20.3 Å². The predicted octanol–water partition coefficient (Wildman–Crippen LogP) is 0.117. The molecule has 0 spiro atoms. The Morgan fingerprint density at radius 2 is 2.12 bits per heavy atom. The van der Waals surface area contributed by atoms with E-state index in [4.69, 9.17) is 9.84 Å². The number of carboxylic acids is 1. The lowest BCUT2D eigenvalue weighted by atomic mass is 10.2. The molecule has 16 heavy (non-hydrogen) atoms. The number of amides is 2. The topological polar surface area (TPSA) is 96.9 Å². The molecular formula is C9H18N2O5. The van der Waals surface area contributed by atoms with Gasteiger partial charge in [-0.05, 0) is 6.42 Å². The Morgan fingerprint density at radius 1 is 1.44 bits per heavy atom. The molecule has 0 aromatic rings. The molecule has 0 aliphatic heterocycles. The maximum absolute atomic E-state index is 11.2. The largest absolute Gasteiger partial charge is 0.479 e. The maximum Gasteiger partial charge on any atom is 0.339 e. The number of hydrogen-bond acceptors (Lipinski definition) is 4. The zero-order valence-corrected chi connectivity index (χ0v) is 9.49. The third-order valence-electron chi connectivity index (χ3n) is 1.70. The van der Waals surface area contributed by atoms with Crippen molar-refractivity contribution in [2.45, 2.75) is 25.8 Å². The number of carbonyl (C=O) groups is 2. The highest BCUT2D eigenvalue weighted by Crippen LogP contribution is 1.96. The van der Waals surface area contributed by atoms with E-state index in [0.717, 1.165) is 12.8 Å². The van der Waals surface area contributed by atoms with Gasteiger partial charge in [-0.25, -0.2) is 15.1 Å². The summed E-state index contributed by atoms with van der Waals surface area (Å²) < 4.78 is 4.92. The third-order valence-corrected chi connectivity index (χ3v) is 1.70. The van der Waals surface area contributed by atoms with Crippen molar-refractivity contribution in [2.24, 2.45) is 0 Å². The smallest absolute Gasteiger partial charge is 0.339 e. The molecule has 7 nitrogen and oxygen atoms in total. The van der Waals surface area contributed by atoms with Crippen molar-refractivity contribution in [3.05, 3.63) is 0 Å². The lowest BCUT2D eigenvalue weighted by molar-refractivity contribution is -0.144. The van der Waals surface area contributed by atoms with Gasteiger partial charge in [0.2, 0.25) is 0 Å². The van der Waals surface area contributed by atoms with Gasteiger partial charge in [-0.2, -0.15) is 0 Å². The van der Waals surface area contributed by atoms with Crippen LogP contribution in [0.3, 0.4) is 0 Å². The number of carbonyl (C=O) groups excluding carboxylic acids is 1. The normalized spacial score (nSPS) is 11.9. The number of hydrogen-bond donors (Lipinski definition) is 3. The fourth-order valence-electron chi connectivity index (χ4n) is 1.13. The summed E-state index contributed by atoms with van der Waals surface area (Å²) in [7, 11) is 1.54. The first kappa shape index (κ1) is 14.7. The Morgan fingerprint density at radius 3 is 2.62 bits per heavy atom. The first-order valence-corrected chi connectivity index (χ1v) is 4.99. The highest BCUT2D eigenvalue weighted by molar-refractivity contribution is 5.73. The standard InChI is InChI=1S/C9H18N2O5/c1-3-4-7(5-15-2)10-9(14)11-16-6-8(12)13/h7H,3-6H2,1-2H3,(H,12,13)(H2,10,11,14). The van der Waals surface area contributed by atoms with Crippen LogP contribution in [0.1, 0.15) is 19.8 Å². The molecule has 7 heteroatoms. The molecule has 1 atom stereocenters. The summed E-state index contributed by atoms with van der Waals surface area (Å²) in [6.45, 7) is 1.82. The van der Waals surface area contributed by atoms with E-state index in [-0.39, 0.29) is 6.04 Å². The van der Waals surface area contributed by atoms with Crippen LogP contribution in [0.2, 0.25) is 0 Å². The van der Waals surface area contributed by atoms with Crippen LogP contribution in [0.25, 0.3) is 0 Å². The summed E-state index contributed by atoms with van der Waals surface area (Å²) in [6.07, 6.45) is 1.69.